The number of nitrogens with zero attached hydrogens (tertiary/aromatic N) is 3. The summed E-state index contributed by atoms with van der Waals surface area (Å²) in [7, 11) is 1.59. The smallest absolute Gasteiger partial charge is 0.322 e. The number of halogens is 2. The van der Waals surface area contributed by atoms with E-state index in [4.69, 9.17) is 21.3 Å². The van der Waals surface area contributed by atoms with Crippen molar-refractivity contribution in [3.8, 4) is 0 Å². The summed E-state index contributed by atoms with van der Waals surface area (Å²) in [6.07, 6.45) is 0.586. The summed E-state index contributed by atoms with van der Waals surface area (Å²) in [5, 5.41) is 3.20. The van der Waals surface area contributed by atoms with Crippen LogP contribution in [0.2, 0.25) is 5.02 Å². The molecule has 32 heavy (non-hydrogen) atoms. The number of para-hydroxylation sites is 1. The molecule has 0 saturated carbocycles. The van der Waals surface area contributed by atoms with Gasteiger partial charge in [0.1, 0.15) is 11.6 Å². The molecule has 9 heteroatoms. The molecule has 3 rings (SSSR count). The normalized spacial score (nSPS) is 12.0. The quantitative estimate of drug-likeness (QED) is 0.488. The molecule has 3 aromatic rings. The second-order valence-electron chi connectivity index (χ2n) is 7.31. The van der Waals surface area contributed by atoms with Gasteiger partial charge >= 0.3 is 6.03 Å². The van der Waals surface area contributed by atoms with E-state index in [2.05, 4.69) is 5.32 Å². The summed E-state index contributed by atoms with van der Waals surface area (Å²) in [4.78, 5) is 32.5. The highest BCUT2D eigenvalue weighted by Crippen LogP contribution is 2.24. The van der Waals surface area contributed by atoms with Crippen LogP contribution in [-0.2, 0) is 11.3 Å². The van der Waals surface area contributed by atoms with Crippen molar-refractivity contribution in [3.63, 3.8) is 0 Å². The van der Waals surface area contributed by atoms with Gasteiger partial charge in [0.2, 0.25) is 0 Å². The number of carbonyl (C=O) groups excluding carboxylic acids is 1. The van der Waals surface area contributed by atoms with Crippen LogP contribution in [0.25, 0.3) is 10.9 Å². The summed E-state index contributed by atoms with van der Waals surface area (Å²) in [5.74, 6) is -0.0804. The van der Waals surface area contributed by atoms with Crippen LogP contribution < -0.4 is 10.9 Å². The molecule has 7 nitrogen and oxygen atoms in total. The number of aromatic nitrogens is 2. The summed E-state index contributed by atoms with van der Waals surface area (Å²) in [6, 6.07) is 10.2. The number of anilines is 1. The summed E-state index contributed by atoms with van der Waals surface area (Å²) in [6.45, 7) is 4.93. The number of amides is 2. The Morgan fingerprint density at radius 1 is 1.31 bits per heavy atom. The molecule has 170 valence electrons. The third-order valence-electron chi connectivity index (χ3n) is 5.23. The van der Waals surface area contributed by atoms with E-state index >= 15 is 0 Å². The molecule has 0 saturated heterocycles. The monoisotopic (exact) mass is 460 g/mol. The fraction of sp³-hybridized carbons (Fsp3) is 0.348. The van der Waals surface area contributed by atoms with Crippen LogP contribution in [0.1, 0.15) is 32.1 Å². The lowest BCUT2D eigenvalue weighted by Crippen LogP contribution is -2.41. The molecule has 0 aliphatic carbocycles. The van der Waals surface area contributed by atoms with Gasteiger partial charge in [-0.3, -0.25) is 9.36 Å². The maximum Gasteiger partial charge on any atom is 0.322 e. The molecule has 0 bridgehead atoms. The highest BCUT2D eigenvalue weighted by atomic mass is 35.5. The Balaban J connectivity index is 1.98. The minimum atomic E-state index is -0.567. The Morgan fingerprint density at radius 3 is 2.75 bits per heavy atom. The number of nitrogens with one attached hydrogen (secondary N) is 1. The van der Waals surface area contributed by atoms with E-state index in [1.165, 1.54) is 18.2 Å². The number of rotatable bonds is 8. The minimum Gasteiger partial charge on any atom is -0.385 e. The van der Waals surface area contributed by atoms with E-state index in [0.717, 1.165) is 0 Å². The first-order valence-electron chi connectivity index (χ1n) is 10.4. The molecule has 1 aromatic heterocycles. The first-order valence-corrected chi connectivity index (χ1v) is 10.8. The standard InChI is InChI=1S/C23H26ClFN4O3/c1-4-28-21(27-20-9-6-5-8-17(20)22(28)30)15(2)29(12-7-13-32-3)23(31)26-16-10-11-19(25)18(24)14-16/h5-6,8-11,14-15H,4,7,12-13H2,1-3H3,(H,26,31). The van der Waals surface area contributed by atoms with E-state index in [1.807, 2.05) is 19.9 Å². The zero-order valence-electron chi connectivity index (χ0n) is 18.3. The van der Waals surface area contributed by atoms with Crippen molar-refractivity contribution in [2.24, 2.45) is 0 Å². The zero-order valence-corrected chi connectivity index (χ0v) is 19.0. The van der Waals surface area contributed by atoms with Gasteiger partial charge in [-0.1, -0.05) is 23.7 Å². The van der Waals surface area contributed by atoms with Crippen LogP contribution in [0.3, 0.4) is 0 Å². The maximum absolute atomic E-state index is 13.5. The lowest BCUT2D eigenvalue weighted by atomic mass is 10.2. The number of hydrogen-bond donors (Lipinski definition) is 1. The van der Waals surface area contributed by atoms with Crippen LogP contribution in [0.15, 0.2) is 47.3 Å². The average Bonchev–Trinajstić information content (AvgIpc) is 2.78. The molecule has 0 radical (unpaired) electrons. The summed E-state index contributed by atoms with van der Waals surface area (Å²) < 4.78 is 20.2. The second kappa shape index (κ2) is 10.6. The van der Waals surface area contributed by atoms with Gasteiger partial charge in [0, 0.05) is 32.5 Å². The minimum absolute atomic E-state index is 0.0854. The van der Waals surface area contributed by atoms with Crippen molar-refractivity contribution in [2.75, 3.05) is 25.6 Å². The fourth-order valence-corrected chi connectivity index (χ4v) is 3.75. The van der Waals surface area contributed by atoms with Gasteiger partial charge in [0.25, 0.3) is 5.56 Å². The molecule has 0 aliphatic rings. The highest BCUT2D eigenvalue weighted by Gasteiger charge is 2.26. The van der Waals surface area contributed by atoms with Crippen molar-refractivity contribution < 1.29 is 13.9 Å². The Morgan fingerprint density at radius 2 is 2.06 bits per heavy atom. The zero-order chi connectivity index (χ0) is 23.3. The van der Waals surface area contributed by atoms with Gasteiger partial charge in [-0.05, 0) is 50.6 Å². The molecule has 2 amide bonds. The number of methoxy groups -OCH3 is 1. The van der Waals surface area contributed by atoms with Crippen LogP contribution in [0.5, 0.6) is 0 Å². The summed E-state index contributed by atoms with van der Waals surface area (Å²) >= 11 is 5.85. The molecule has 1 heterocycles. The van der Waals surface area contributed by atoms with Gasteiger partial charge in [-0.2, -0.15) is 0 Å². The van der Waals surface area contributed by atoms with Crippen molar-refractivity contribution in [1.29, 1.82) is 0 Å². The van der Waals surface area contributed by atoms with Crippen LogP contribution in [-0.4, -0.2) is 40.7 Å². The average molecular weight is 461 g/mol. The molecule has 1 unspecified atom stereocenters. The van der Waals surface area contributed by atoms with Crippen molar-refractivity contribution in [1.82, 2.24) is 14.5 Å². The van der Waals surface area contributed by atoms with Crippen molar-refractivity contribution >= 4 is 34.2 Å². The predicted octanol–water partition coefficient (Wildman–Crippen LogP) is 4.84. The molecule has 1 N–H and O–H groups in total. The second-order valence-corrected chi connectivity index (χ2v) is 7.72. The molecule has 0 spiro atoms. The molecular formula is C23H26ClFN4O3. The predicted molar refractivity (Wildman–Crippen MR) is 124 cm³/mol. The summed E-state index contributed by atoms with van der Waals surface area (Å²) in [5.41, 5.74) is 0.791. The topological polar surface area (TPSA) is 76.5 Å². The highest BCUT2D eigenvalue weighted by molar-refractivity contribution is 6.31. The number of benzene rings is 2. The van der Waals surface area contributed by atoms with Gasteiger partial charge in [-0.25, -0.2) is 14.2 Å². The van der Waals surface area contributed by atoms with E-state index in [0.29, 0.717) is 48.5 Å². The Kier molecular flexibility index (Phi) is 7.82. The third-order valence-corrected chi connectivity index (χ3v) is 5.52. The SMILES string of the molecule is CCn1c(C(C)N(CCCOC)C(=O)Nc2ccc(F)c(Cl)c2)nc2ccccc2c1=O. The van der Waals surface area contributed by atoms with Gasteiger partial charge in [0.15, 0.2) is 0 Å². The van der Waals surface area contributed by atoms with Crippen LogP contribution >= 0.6 is 11.6 Å². The Bertz CT molecular complexity index is 1170. The van der Waals surface area contributed by atoms with E-state index in [-0.39, 0.29) is 10.6 Å². The number of carbonyl (C=O) groups is 1. The lowest BCUT2D eigenvalue weighted by molar-refractivity contribution is 0.158. The van der Waals surface area contributed by atoms with Crippen LogP contribution in [0, 0.1) is 5.82 Å². The first kappa shape index (κ1) is 23.7. The van der Waals surface area contributed by atoms with Gasteiger partial charge in [-0.15, -0.1) is 0 Å². The fourth-order valence-electron chi connectivity index (χ4n) is 3.57. The van der Waals surface area contributed by atoms with Crippen molar-refractivity contribution in [3.05, 3.63) is 69.5 Å². The van der Waals surface area contributed by atoms with Gasteiger partial charge < -0.3 is 15.0 Å². The number of fused-ring (bicyclic) bond motifs is 1. The maximum atomic E-state index is 13.5. The first-order chi connectivity index (χ1) is 15.4. The van der Waals surface area contributed by atoms with E-state index in [1.54, 1.807) is 34.8 Å². The van der Waals surface area contributed by atoms with E-state index in [9.17, 15) is 14.0 Å². The molecule has 0 fully saturated rings. The van der Waals surface area contributed by atoms with Crippen molar-refractivity contribution in [2.45, 2.75) is 32.9 Å². The van der Waals surface area contributed by atoms with Gasteiger partial charge in [0.05, 0.1) is 22.0 Å². The largest absolute Gasteiger partial charge is 0.385 e. The molecular weight excluding hydrogens is 435 g/mol. The number of ether oxygens (including phenoxy) is 1. The Hall–Kier alpha value is -2.97. The number of urea groups is 1. The van der Waals surface area contributed by atoms with E-state index < -0.39 is 17.9 Å². The Labute approximate surface area is 190 Å². The van der Waals surface area contributed by atoms with Crippen LogP contribution in [0.4, 0.5) is 14.9 Å². The lowest BCUT2D eigenvalue weighted by Gasteiger charge is -2.30. The molecule has 2 aromatic carbocycles. The molecule has 1 atom stereocenters. The number of hydrogen-bond acceptors (Lipinski definition) is 4. The molecule has 0 aliphatic heterocycles. The third kappa shape index (κ3) is 5.08.